The second kappa shape index (κ2) is 25.7. The topological polar surface area (TPSA) is 152 Å². The average molecular weight is 1190 g/mol. The summed E-state index contributed by atoms with van der Waals surface area (Å²) in [4.78, 5) is 86.5. The first-order chi connectivity index (χ1) is 38.1. The maximum atomic E-state index is 14.8. The summed E-state index contributed by atoms with van der Waals surface area (Å²) in [5, 5.41) is 1.62. The molecular weight excluding hydrogens is 1130 g/mol. The number of aromatic nitrogens is 2. The van der Waals surface area contributed by atoms with E-state index in [-0.39, 0.29) is 66.5 Å². The number of aryl methyl sites for hydroxylation is 2. The Morgan fingerprint density at radius 1 is 0.605 bits per heavy atom. The Balaban J connectivity index is 0.000000234. The van der Waals surface area contributed by atoms with Crippen molar-refractivity contribution < 1.29 is 67.9 Å². The van der Waals surface area contributed by atoms with Gasteiger partial charge in [-0.1, -0.05) is 23.2 Å². The summed E-state index contributed by atoms with van der Waals surface area (Å²) < 4.78 is 138. The fourth-order valence-electron chi connectivity index (χ4n) is 9.88. The number of halogens is 12. The molecule has 7 amide bonds. The minimum Gasteiger partial charge on any atom is -0.340 e. The van der Waals surface area contributed by atoms with Gasteiger partial charge < -0.3 is 34.7 Å². The molecule has 4 fully saturated rings. The van der Waals surface area contributed by atoms with E-state index < -0.39 is 92.8 Å². The lowest BCUT2D eigenvalue weighted by Crippen LogP contribution is -2.48. The third kappa shape index (κ3) is 14.4. The second-order valence-electron chi connectivity index (χ2n) is 19.8. The third-order valence-corrected chi connectivity index (χ3v) is 14.9. The van der Waals surface area contributed by atoms with Crippen molar-refractivity contribution >= 4 is 76.0 Å². The van der Waals surface area contributed by atoms with Crippen LogP contribution in [0.1, 0.15) is 42.3 Å². The number of carbonyl (C=O) groups is 5. The Labute approximate surface area is 469 Å². The van der Waals surface area contributed by atoms with Gasteiger partial charge in [-0.2, -0.15) is 26.3 Å². The molecule has 2 aromatic carbocycles. The van der Waals surface area contributed by atoms with Crippen LogP contribution >= 0.6 is 23.2 Å². The van der Waals surface area contributed by atoms with E-state index in [1.807, 2.05) is 0 Å². The van der Waals surface area contributed by atoms with E-state index in [2.05, 4.69) is 25.1 Å². The van der Waals surface area contributed by atoms with E-state index in [0.29, 0.717) is 64.2 Å². The van der Waals surface area contributed by atoms with Crippen LogP contribution in [0.5, 0.6) is 0 Å². The highest BCUT2D eigenvalue weighted by atomic mass is 35.5. The molecule has 6 heterocycles. The summed E-state index contributed by atoms with van der Waals surface area (Å²) in [7, 11) is 2.42. The number of carbonyl (C=O) groups excluding carboxylic acids is 5. The highest BCUT2D eigenvalue weighted by Gasteiger charge is 2.47. The molecule has 17 nitrogen and oxygen atoms in total. The van der Waals surface area contributed by atoms with Gasteiger partial charge >= 0.3 is 24.4 Å². The summed E-state index contributed by atoms with van der Waals surface area (Å²) in [6, 6.07) is 2.77. The smallest absolute Gasteiger partial charge is 0.340 e. The minimum absolute atomic E-state index is 0.000639. The molecule has 0 bridgehead atoms. The molecule has 2 aromatic heterocycles. The molecule has 4 saturated heterocycles. The molecule has 4 aromatic rings. The lowest BCUT2D eigenvalue weighted by atomic mass is 10.1. The number of urea groups is 2. The van der Waals surface area contributed by atoms with Crippen molar-refractivity contribution in [2.45, 2.75) is 58.0 Å². The Morgan fingerprint density at radius 3 is 1.36 bits per heavy atom. The average Bonchev–Trinajstić information content (AvgIpc) is 4.16. The molecule has 1 N–H and O–H groups in total. The predicted octanol–water partition coefficient (Wildman–Crippen LogP) is 8.08. The number of nitrogens with one attached hydrogen (secondary N) is 1. The third-order valence-electron chi connectivity index (χ3n) is 14.2. The second-order valence-corrected chi connectivity index (χ2v) is 20.5. The predicted molar refractivity (Wildman–Crippen MR) is 281 cm³/mol. The number of pyridine rings is 2. The maximum Gasteiger partial charge on any atom is 0.416 e. The number of piperazine rings is 2. The first kappa shape index (κ1) is 62.1. The zero-order valence-corrected chi connectivity index (χ0v) is 46.1. The van der Waals surface area contributed by atoms with Crippen molar-refractivity contribution in [2.24, 2.45) is 0 Å². The summed E-state index contributed by atoms with van der Waals surface area (Å²) in [5.74, 6) is -6.77. The normalized spacial score (nSPS) is 18.4. The van der Waals surface area contributed by atoms with Gasteiger partial charge in [-0.15, -0.1) is 0 Å². The molecule has 29 heteroatoms. The number of benzene rings is 2. The molecule has 81 heavy (non-hydrogen) atoms. The quantitative estimate of drug-likeness (QED) is 0.0970. The van der Waals surface area contributed by atoms with Crippen LogP contribution in [0.3, 0.4) is 0 Å². The lowest BCUT2D eigenvalue weighted by molar-refractivity contribution is -0.138. The molecule has 0 unspecified atom stereocenters. The highest BCUT2D eigenvalue weighted by molar-refractivity contribution is 6.31. The van der Waals surface area contributed by atoms with Crippen molar-refractivity contribution in [3.63, 3.8) is 0 Å². The van der Waals surface area contributed by atoms with Gasteiger partial charge in [0, 0.05) is 97.9 Å². The van der Waals surface area contributed by atoms with E-state index in [9.17, 15) is 67.9 Å². The standard InChI is InChI=1S/C27H30ClF5N6O3.C25H28ClF5N6O2/c1-16-13-18(27(31,32)33)14-22(34-16)39-21(25(41)35(3)20-6-5-19(29)23(28)24(20)30)15-38(26(39)42)8-4-7-36-9-11-37(12-10-36)17(2)40;1-15-12-16(25(29,30)31)13-20(33-15)37-19(23(38)34(2)18-5-4-17(27)21(26)22(18)28)14-36(24(37)39)9-3-8-35-10-6-32-7-11-35/h5-6,13-14,21H,4,7-12,15H2,1-3H3;4-5,12-13,19,32H,3,6-11,14H2,1-2H3/t21-;19-/m00/s1. The monoisotopic (exact) mass is 1190 g/mol. The Morgan fingerprint density at radius 2 is 0.988 bits per heavy atom. The van der Waals surface area contributed by atoms with Gasteiger partial charge in [0.15, 0.2) is 11.6 Å². The minimum atomic E-state index is -4.73. The zero-order chi connectivity index (χ0) is 59.4. The Hall–Kier alpha value is -6.55. The fraction of sp³-hybridized carbons (Fsp3) is 0.481. The largest absolute Gasteiger partial charge is 0.416 e. The van der Waals surface area contributed by atoms with Crippen LogP contribution in [0.15, 0.2) is 48.5 Å². The van der Waals surface area contributed by atoms with Crippen molar-refractivity contribution in [1.82, 2.24) is 39.8 Å². The SMILES string of the molecule is CC(=O)N1CCN(CCCN2C[C@@H](C(=O)N(C)c3ccc(F)c(Cl)c3F)N(c3cc(C(F)(F)F)cc(C)n3)C2=O)CC1.Cc1cc(C(F)(F)F)cc(N2C(=O)N(CCCN3CCNCC3)C[C@H]2C(=O)N(C)c2ccc(F)c(Cl)c2F)n1. The first-order valence-electron chi connectivity index (χ1n) is 25.6. The maximum absolute atomic E-state index is 14.8. The van der Waals surface area contributed by atoms with Gasteiger partial charge in [0.25, 0.3) is 11.8 Å². The number of nitrogens with zero attached hydrogens (tertiary/aromatic N) is 11. The number of alkyl halides is 6. The van der Waals surface area contributed by atoms with Crippen LogP contribution in [-0.4, -0.2) is 182 Å². The summed E-state index contributed by atoms with van der Waals surface area (Å²) in [6.45, 7) is 11.5. The zero-order valence-electron chi connectivity index (χ0n) is 44.6. The van der Waals surface area contributed by atoms with Crippen LogP contribution in [-0.2, 0) is 26.7 Å². The first-order valence-corrected chi connectivity index (χ1v) is 26.3. The van der Waals surface area contributed by atoms with Crippen LogP contribution in [0, 0.1) is 37.1 Å². The summed E-state index contributed by atoms with van der Waals surface area (Å²) >= 11 is 11.4. The van der Waals surface area contributed by atoms with Crippen molar-refractivity contribution in [1.29, 1.82) is 0 Å². The summed E-state index contributed by atoms with van der Waals surface area (Å²) in [6.07, 6.45) is -8.37. The van der Waals surface area contributed by atoms with E-state index in [0.717, 1.165) is 82.2 Å². The van der Waals surface area contributed by atoms with Crippen molar-refractivity contribution in [3.05, 3.63) is 104 Å². The fourth-order valence-corrected chi connectivity index (χ4v) is 10.2. The number of anilines is 4. The lowest BCUT2D eigenvalue weighted by Gasteiger charge is -2.34. The van der Waals surface area contributed by atoms with E-state index in [1.54, 1.807) is 4.90 Å². The molecule has 0 aliphatic carbocycles. The highest BCUT2D eigenvalue weighted by Crippen LogP contribution is 2.37. The summed E-state index contributed by atoms with van der Waals surface area (Å²) in [5.41, 5.74) is -2.80. The van der Waals surface area contributed by atoms with E-state index in [4.69, 9.17) is 23.2 Å². The van der Waals surface area contributed by atoms with Crippen molar-refractivity contribution in [2.75, 3.05) is 125 Å². The molecule has 0 radical (unpaired) electrons. The number of hydrogen-bond acceptors (Lipinski definition) is 10. The molecule has 0 saturated carbocycles. The van der Waals surface area contributed by atoms with Gasteiger partial charge in [-0.05, 0) is 88.3 Å². The number of likely N-dealkylation sites (N-methyl/N-ethyl adjacent to an activating group) is 2. The van der Waals surface area contributed by atoms with Crippen LogP contribution in [0.2, 0.25) is 10.0 Å². The van der Waals surface area contributed by atoms with Gasteiger partial charge in [0.1, 0.15) is 45.4 Å². The van der Waals surface area contributed by atoms with Gasteiger partial charge in [0.2, 0.25) is 5.91 Å². The van der Waals surface area contributed by atoms with E-state index in [1.165, 1.54) is 44.7 Å². The number of rotatable bonds is 14. The number of hydrogen-bond donors (Lipinski definition) is 1. The van der Waals surface area contributed by atoms with Gasteiger partial charge in [-0.25, -0.2) is 37.1 Å². The molecule has 440 valence electrons. The Kier molecular flexibility index (Phi) is 19.7. The van der Waals surface area contributed by atoms with Crippen LogP contribution in [0.25, 0.3) is 0 Å². The van der Waals surface area contributed by atoms with E-state index >= 15 is 0 Å². The van der Waals surface area contributed by atoms with Gasteiger partial charge in [0.05, 0.1) is 35.6 Å². The molecule has 0 spiro atoms. The van der Waals surface area contributed by atoms with Crippen molar-refractivity contribution in [3.8, 4) is 0 Å². The van der Waals surface area contributed by atoms with Crippen LogP contribution in [0.4, 0.5) is 76.5 Å². The molecular formula is C52H58Cl2F10N12O5. The molecule has 4 aliphatic rings. The Bertz CT molecular complexity index is 3000. The van der Waals surface area contributed by atoms with Crippen LogP contribution < -0.4 is 24.9 Å². The number of amides is 7. The molecule has 4 aliphatic heterocycles. The molecule has 8 rings (SSSR count). The van der Waals surface area contributed by atoms with Gasteiger partial charge in [-0.3, -0.25) is 29.1 Å². The molecule has 2 atom stereocenters.